The van der Waals surface area contributed by atoms with Gasteiger partial charge in [-0.3, -0.25) is 0 Å². The number of nitrogens with one attached hydrogen (secondary N) is 2. The molecule has 108 valence electrons. The predicted molar refractivity (Wildman–Crippen MR) is 69.7 cm³/mol. The molecule has 7 heteroatoms. The number of fused-ring (bicyclic) bond motifs is 1. The van der Waals surface area contributed by atoms with Gasteiger partial charge in [0.1, 0.15) is 5.69 Å². The van der Waals surface area contributed by atoms with Gasteiger partial charge in [0.05, 0.1) is 6.54 Å². The maximum absolute atomic E-state index is 13.4. The van der Waals surface area contributed by atoms with Crippen molar-refractivity contribution in [3.05, 3.63) is 59.6 Å². The summed E-state index contributed by atoms with van der Waals surface area (Å²) in [4.78, 5) is 5.52. The number of aromatic amines is 1. The Morgan fingerprint density at radius 2 is 1.67 bits per heavy atom. The first kappa shape index (κ1) is 13.4. The summed E-state index contributed by atoms with van der Waals surface area (Å²) in [5, 5.41) is 3.26. The van der Waals surface area contributed by atoms with Gasteiger partial charge in [-0.05, 0) is 17.5 Å². The quantitative estimate of drug-likeness (QED) is 0.571. The smallest absolute Gasteiger partial charge is 0.253 e. The minimum atomic E-state index is -1.69. The molecule has 0 radical (unpaired) electrons. The van der Waals surface area contributed by atoms with Crippen LogP contribution in [-0.2, 0) is 6.54 Å². The molecule has 2 aromatic heterocycles. The standard InChI is InChI=1S/C14H9F4N3/c15-10-12(11(16)14(18)21-13(10)17)19-6-8-5-7-3-1-2-4-9(7)20-8/h1-5,20H,6H2,(H,19,21). The van der Waals surface area contributed by atoms with Crippen LogP contribution in [0.1, 0.15) is 5.69 Å². The van der Waals surface area contributed by atoms with Crippen LogP contribution in [0.4, 0.5) is 23.2 Å². The van der Waals surface area contributed by atoms with Crippen molar-refractivity contribution < 1.29 is 17.6 Å². The molecule has 0 amide bonds. The van der Waals surface area contributed by atoms with Crippen molar-refractivity contribution >= 4 is 16.6 Å². The SMILES string of the molecule is Fc1nc(F)c(F)c(NCc2cc3ccccc3[nH]2)c1F. The molecule has 0 bridgehead atoms. The van der Waals surface area contributed by atoms with Crippen molar-refractivity contribution in [2.24, 2.45) is 0 Å². The molecule has 2 heterocycles. The van der Waals surface area contributed by atoms with Gasteiger partial charge < -0.3 is 10.3 Å². The molecule has 0 aliphatic carbocycles. The fourth-order valence-electron chi connectivity index (χ4n) is 2.05. The Bertz CT molecular complexity index is 754. The Kier molecular flexibility index (Phi) is 3.25. The zero-order valence-corrected chi connectivity index (χ0v) is 10.6. The van der Waals surface area contributed by atoms with Gasteiger partial charge in [-0.2, -0.15) is 22.5 Å². The van der Waals surface area contributed by atoms with E-state index in [2.05, 4.69) is 15.3 Å². The molecule has 0 fully saturated rings. The number of benzene rings is 1. The molecule has 3 aromatic rings. The summed E-state index contributed by atoms with van der Waals surface area (Å²) in [5.74, 6) is -6.48. The summed E-state index contributed by atoms with van der Waals surface area (Å²) >= 11 is 0. The van der Waals surface area contributed by atoms with Crippen LogP contribution in [0.25, 0.3) is 10.9 Å². The van der Waals surface area contributed by atoms with Crippen LogP contribution in [0.2, 0.25) is 0 Å². The average molecular weight is 295 g/mol. The van der Waals surface area contributed by atoms with Gasteiger partial charge in [-0.1, -0.05) is 18.2 Å². The van der Waals surface area contributed by atoms with Gasteiger partial charge in [0.2, 0.25) is 11.6 Å². The fourth-order valence-corrected chi connectivity index (χ4v) is 2.05. The first-order valence-corrected chi connectivity index (χ1v) is 6.06. The van der Waals surface area contributed by atoms with Gasteiger partial charge in [0.25, 0.3) is 11.9 Å². The molecular formula is C14H9F4N3. The van der Waals surface area contributed by atoms with Crippen LogP contribution < -0.4 is 5.32 Å². The molecule has 3 nitrogen and oxygen atoms in total. The Morgan fingerprint density at radius 3 is 2.33 bits per heavy atom. The number of nitrogens with zero attached hydrogens (tertiary/aromatic N) is 1. The van der Waals surface area contributed by atoms with Crippen molar-refractivity contribution in [3.63, 3.8) is 0 Å². The summed E-state index contributed by atoms with van der Waals surface area (Å²) in [5.41, 5.74) is 0.591. The predicted octanol–water partition coefficient (Wildman–Crippen LogP) is 3.73. The molecule has 0 aliphatic heterocycles. The second-order valence-electron chi connectivity index (χ2n) is 4.43. The first-order chi connectivity index (χ1) is 10.1. The highest BCUT2D eigenvalue weighted by Crippen LogP contribution is 2.23. The number of hydrogen-bond donors (Lipinski definition) is 2. The zero-order valence-electron chi connectivity index (χ0n) is 10.6. The molecule has 3 rings (SSSR count). The Labute approximate surface area is 116 Å². The van der Waals surface area contributed by atoms with E-state index in [0.29, 0.717) is 5.69 Å². The molecule has 0 spiro atoms. The molecule has 0 atom stereocenters. The third kappa shape index (κ3) is 2.42. The van der Waals surface area contributed by atoms with Gasteiger partial charge in [0.15, 0.2) is 0 Å². The maximum Gasteiger partial charge on any atom is 0.253 e. The summed E-state index contributed by atoms with van der Waals surface area (Å²) in [6, 6.07) is 9.16. The topological polar surface area (TPSA) is 40.7 Å². The van der Waals surface area contributed by atoms with E-state index in [0.717, 1.165) is 10.9 Å². The number of H-pyrrole nitrogens is 1. The molecule has 2 N–H and O–H groups in total. The molecule has 0 saturated carbocycles. The number of anilines is 1. The second-order valence-corrected chi connectivity index (χ2v) is 4.43. The number of pyridine rings is 1. The summed E-state index contributed by atoms with van der Waals surface area (Å²) in [7, 11) is 0. The number of hydrogen-bond acceptors (Lipinski definition) is 2. The van der Waals surface area contributed by atoms with E-state index in [1.807, 2.05) is 24.3 Å². The molecular weight excluding hydrogens is 286 g/mol. The van der Waals surface area contributed by atoms with Crippen molar-refractivity contribution in [2.75, 3.05) is 5.32 Å². The third-order valence-corrected chi connectivity index (χ3v) is 3.04. The van der Waals surface area contributed by atoms with Crippen LogP contribution in [0.15, 0.2) is 30.3 Å². The molecule has 1 aromatic carbocycles. The van der Waals surface area contributed by atoms with E-state index in [1.165, 1.54) is 0 Å². The van der Waals surface area contributed by atoms with Gasteiger partial charge in [-0.15, -0.1) is 0 Å². The van der Waals surface area contributed by atoms with Gasteiger partial charge >= 0.3 is 0 Å². The Hall–Kier alpha value is -2.57. The zero-order chi connectivity index (χ0) is 15.0. The minimum absolute atomic E-state index is 0.0224. The number of halogens is 4. The molecule has 0 aliphatic rings. The Balaban J connectivity index is 1.88. The summed E-state index contributed by atoms with van der Waals surface area (Å²) in [6.45, 7) is -0.0224. The van der Waals surface area contributed by atoms with Crippen LogP contribution in [0, 0.1) is 23.5 Å². The van der Waals surface area contributed by atoms with E-state index < -0.39 is 29.2 Å². The van der Waals surface area contributed by atoms with E-state index in [4.69, 9.17) is 0 Å². The van der Waals surface area contributed by atoms with Crippen LogP contribution in [-0.4, -0.2) is 9.97 Å². The van der Waals surface area contributed by atoms with Crippen molar-refractivity contribution in [2.45, 2.75) is 6.54 Å². The lowest BCUT2D eigenvalue weighted by atomic mass is 10.2. The van der Waals surface area contributed by atoms with E-state index in [1.54, 1.807) is 6.07 Å². The van der Waals surface area contributed by atoms with E-state index >= 15 is 0 Å². The summed E-state index contributed by atoms with van der Waals surface area (Å²) in [6.07, 6.45) is 0. The number of para-hydroxylation sites is 1. The highest BCUT2D eigenvalue weighted by molar-refractivity contribution is 5.80. The Morgan fingerprint density at radius 1 is 1.00 bits per heavy atom. The average Bonchev–Trinajstić information content (AvgIpc) is 2.88. The van der Waals surface area contributed by atoms with Crippen molar-refractivity contribution in [3.8, 4) is 0 Å². The third-order valence-electron chi connectivity index (χ3n) is 3.04. The largest absolute Gasteiger partial charge is 0.374 e. The lowest BCUT2D eigenvalue weighted by Crippen LogP contribution is -2.09. The molecule has 21 heavy (non-hydrogen) atoms. The van der Waals surface area contributed by atoms with Gasteiger partial charge in [0, 0.05) is 11.2 Å². The first-order valence-electron chi connectivity index (χ1n) is 6.06. The van der Waals surface area contributed by atoms with Crippen molar-refractivity contribution in [1.82, 2.24) is 9.97 Å². The van der Waals surface area contributed by atoms with Crippen LogP contribution in [0.3, 0.4) is 0 Å². The lowest BCUT2D eigenvalue weighted by Gasteiger charge is -2.08. The monoisotopic (exact) mass is 295 g/mol. The van der Waals surface area contributed by atoms with E-state index in [-0.39, 0.29) is 6.54 Å². The van der Waals surface area contributed by atoms with E-state index in [9.17, 15) is 17.6 Å². The fraction of sp³-hybridized carbons (Fsp3) is 0.0714. The normalized spacial score (nSPS) is 11.0. The number of aromatic nitrogens is 2. The maximum atomic E-state index is 13.4. The molecule has 0 saturated heterocycles. The highest BCUT2D eigenvalue weighted by atomic mass is 19.2. The molecule has 0 unspecified atom stereocenters. The van der Waals surface area contributed by atoms with Crippen LogP contribution in [0.5, 0.6) is 0 Å². The summed E-state index contributed by atoms with van der Waals surface area (Å²) < 4.78 is 52.8. The van der Waals surface area contributed by atoms with Gasteiger partial charge in [-0.25, -0.2) is 0 Å². The lowest BCUT2D eigenvalue weighted by molar-refractivity contribution is 0.410. The minimum Gasteiger partial charge on any atom is -0.374 e. The van der Waals surface area contributed by atoms with Crippen molar-refractivity contribution in [1.29, 1.82) is 0 Å². The highest BCUT2D eigenvalue weighted by Gasteiger charge is 2.20. The van der Waals surface area contributed by atoms with Crippen LogP contribution >= 0.6 is 0 Å². The number of rotatable bonds is 3. The second kappa shape index (κ2) is 5.08.